The van der Waals surface area contributed by atoms with Crippen LogP contribution in [0.15, 0.2) is 18.2 Å². The molecule has 0 spiro atoms. The number of carbonyl (C=O) groups is 1. The second-order valence-corrected chi connectivity index (χ2v) is 3.75. The molecule has 0 aliphatic heterocycles. The van der Waals surface area contributed by atoms with Gasteiger partial charge in [0.2, 0.25) is 0 Å². The molecule has 5 heteroatoms. The maximum absolute atomic E-state index is 13.3. The minimum atomic E-state index is -1.01. The number of rotatable bonds is 4. The minimum Gasteiger partial charge on any atom is -0.481 e. The molecule has 0 heterocycles. The first-order chi connectivity index (χ1) is 7.41. The number of carboxylic acids is 1. The monoisotopic (exact) mass is 229 g/mol. The van der Waals surface area contributed by atoms with Crippen LogP contribution in [0.1, 0.15) is 24.9 Å². The van der Waals surface area contributed by atoms with Gasteiger partial charge in [-0.05, 0) is 24.6 Å². The molecule has 16 heavy (non-hydrogen) atoms. The molecule has 3 nitrogen and oxygen atoms in total. The molecule has 0 aliphatic carbocycles. The molecule has 0 aromatic heterocycles. The summed E-state index contributed by atoms with van der Waals surface area (Å²) < 4.78 is 26.1. The smallest absolute Gasteiger partial charge is 0.306 e. The summed E-state index contributed by atoms with van der Waals surface area (Å²) in [5, 5.41) is 8.68. The van der Waals surface area contributed by atoms with Crippen molar-refractivity contribution in [3.05, 3.63) is 35.4 Å². The average molecular weight is 229 g/mol. The van der Waals surface area contributed by atoms with E-state index in [0.717, 1.165) is 18.2 Å². The molecule has 0 radical (unpaired) electrons. The highest BCUT2D eigenvalue weighted by Gasteiger charge is 2.19. The third kappa shape index (κ3) is 3.00. The zero-order valence-electron chi connectivity index (χ0n) is 8.78. The Morgan fingerprint density at radius 3 is 2.69 bits per heavy atom. The Kier molecular flexibility index (Phi) is 3.95. The second kappa shape index (κ2) is 5.03. The van der Waals surface area contributed by atoms with Crippen LogP contribution < -0.4 is 5.73 Å². The summed E-state index contributed by atoms with van der Waals surface area (Å²) in [4.78, 5) is 10.6. The standard InChI is InChI=1S/C11H13F2NO2/c1-6(11(15)16)4-10(14)8-5-7(12)2-3-9(8)13/h2-3,5-6,10H,4,14H2,1H3,(H,15,16). The summed E-state index contributed by atoms with van der Waals surface area (Å²) in [6.45, 7) is 1.47. The lowest BCUT2D eigenvalue weighted by Gasteiger charge is -2.15. The van der Waals surface area contributed by atoms with Crippen LogP contribution >= 0.6 is 0 Å². The van der Waals surface area contributed by atoms with Crippen LogP contribution in [0.3, 0.4) is 0 Å². The SMILES string of the molecule is CC(CC(N)c1cc(F)ccc1F)C(=O)O. The van der Waals surface area contributed by atoms with Crippen molar-refractivity contribution < 1.29 is 18.7 Å². The topological polar surface area (TPSA) is 63.3 Å². The first kappa shape index (κ1) is 12.6. The van der Waals surface area contributed by atoms with Crippen LogP contribution in [0.4, 0.5) is 8.78 Å². The van der Waals surface area contributed by atoms with Crippen LogP contribution in [0.25, 0.3) is 0 Å². The molecule has 0 saturated heterocycles. The van der Waals surface area contributed by atoms with Gasteiger partial charge in [-0.1, -0.05) is 6.92 Å². The van der Waals surface area contributed by atoms with Crippen molar-refractivity contribution in [3.63, 3.8) is 0 Å². The van der Waals surface area contributed by atoms with E-state index in [9.17, 15) is 13.6 Å². The van der Waals surface area contributed by atoms with E-state index >= 15 is 0 Å². The fourth-order valence-corrected chi connectivity index (χ4v) is 1.41. The maximum Gasteiger partial charge on any atom is 0.306 e. The van der Waals surface area contributed by atoms with E-state index in [0.29, 0.717) is 0 Å². The number of benzene rings is 1. The Morgan fingerprint density at radius 1 is 1.50 bits per heavy atom. The van der Waals surface area contributed by atoms with E-state index in [1.807, 2.05) is 0 Å². The van der Waals surface area contributed by atoms with Gasteiger partial charge in [-0.2, -0.15) is 0 Å². The summed E-state index contributed by atoms with van der Waals surface area (Å²) >= 11 is 0. The van der Waals surface area contributed by atoms with E-state index in [1.54, 1.807) is 0 Å². The van der Waals surface area contributed by atoms with Gasteiger partial charge in [0.1, 0.15) is 11.6 Å². The van der Waals surface area contributed by atoms with Gasteiger partial charge < -0.3 is 10.8 Å². The third-order valence-corrected chi connectivity index (χ3v) is 2.39. The van der Waals surface area contributed by atoms with Gasteiger partial charge in [0, 0.05) is 11.6 Å². The number of aliphatic carboxylic acids is 1. The van der Waals surface area contributed by atoms with Gasteiger partial charge in [0.15, 0.2) is 0 Å². The van der Waals surface area contributed by atoms with Crippen molar-refractivity contribution in [3.8, 4) is 0 Å². The Bertz CT molecular complexity index is 396. The van der Waals surface area contributed by atoms with E-state index < -0.39 is 29.6 Å². The second-order valence-electron chi connectivity index (χ2n) is 3.75. The van der Waals surface area contributed by atoms with Crippen LogP contribution in [0.5, 0.6) is 0 Å². The van der Waals surface area contributed by atoms with Gasteiger partial charge in [0.05, 0.1) is 5.92 Å². The number of hydrogen-bond donors (Lipinski definition) is 2. The highest BCUT2D eigenvalue weighted by molar-refractivity contribution is 5.69. The molecular formula is C11H13F2NO2. The molecule has 0 aliphatic rings. The summed E-state index contributed by atoms with van der Waals surface area (Å²) in [5.74, 6) is -2.91. The molecule has 0 fully saturated rings. The quantitative estimate of drug-likeness (QED) is 0.830. The molecule has 0 amide bonds. The van der Waals surface area contributed by atoms with Crippen molar-refractivity contribution in [1.29, 1.82) is 0 Å². The van der Waals surface area contributed by atoms with E-state index in [1.165, 1.54) is 6.92 Å². The van der Waals surface area contributed by atoms with E-state index in [4.69, 9.17) is 10.8 Å². The predicted octanol–water partition coefficient (Wildman–Crippen LogP) is 2.08. The van der Waals surface area contributed by atoms with Crippen LogP contribution in [-0.4, -0.2) is 11.1 Å². The average Bonchev–Trinajstić information content (AvgIpc) is 2.21. The summed E-state index contributed by atoms with van der Waals surface area (Å²) in [7, 11) is 0. The number of carboxylic acid groups (broad SMARTS) is 1. The molecule has 2 unspecified atom stereocenters. The lowest BCUT2D eigenvalue weighted by molar-refractivity contribution is -0.141. The van der Waals surface area contributed by atoms with Crippen molar-refractivity contribution in [2.75, 3.05) is 0 Å². The van der Waals surface area contributed by atoms with Gasteiger partial charge in [-0.25, -0.2) is 8.78 Å². The van der Waals surface area contributed by atoms with E-state index in [-0.39, 0.29) is 12.0 Å². The summed E-state index contributed by atoms with van der Waals surface area (Å²) in [6.07, 6.45) is 0.0652. The fourth-order valence-electron chi connectivity index (χ4n) is 1.41. The number of halogens is 2. The number of nitrogens with two attached hydrogens (primary N) is 1. The summed E-state index contributed by atoms with van der Waals surface area (Å²) in [5.41, 5.74) is 5.64. The van der Waals surface area contributed by atoms with Crippen molar-refractivity contribution in [2.45, 2.75) is 19.4 Å². The molecule has 0 bridgehead atoms. The molecule has 1 rings (SSSR count). The Hall–Kier alpha value is -1.49. The Labute approximate surface area is 91.9 Å². The van der Waals surface area contributed by atoms with Crippen molar-refractivity contribution in [1.82, 2.24) is 0 Å². The molecule has 2 atom stereocenters. The predicted molar refractivity (Wildman–Crippen MR) is 54.7 cm³/mol. The van der Waals surface area contributed by atoms with Gasteiger partial charge >= 0.3 is 5.97 Å². The molecule has 1 aromatic rings. The zero-order chi connectivity index (χ0) is 12.3. The first-order valence-electron chi connectivity index (χ1n) is 4.85. The highest BCUT2D eigenvalue weighted by atomic mass is 19.1. The highest BCUT2D eigenvalue weighted by Crippen LogP contribution is 2.22. The van der Waals surface area contributed by atoms with Crippen LogP contribution in [0.2, 0.25) is 0 Å². The largest absolute Gasteiger partial charge is 0.481 e. The van der Waals surface area contributed by atoms with E-state index in [2.05, 4.69) is 0 Å². The molecule has 3 N–H and O–H groups in total. The molecule has 1 aromatic carbocycles. The third-order valence-electron chi connectivity index (χ3n) is 2.39. The van der Waals surface area contributed by atoms with Crippen LogP contribution in [-0.2, 0) is 4.79 Å². The maximum atomic E-state index is 13.3. The lowest BCUT2D eigenvalue weighted by atomic mass is 9.96. The van der Waals surface area contributed by atoms with Crippen LogP contribution in [0, 0.1) is 17.6 Å². The molecular weight excluding hydrogens is 216 g/mol. The van der Waals surface area contributed by atoms with Crippen molar-refractivity contribution >= 4 is 5.97 Å². The normalized spacial score (nSPS) is 14.5. The molecule has 88 valence electrons. The van der Waals surface area contributed by atoms with Gasteiger partial charge in [0.25, 0.3) is 0 Å². The first-order valence-corrected chi connectivity index (χ1v) is 4.85. The van der Waals surface area contributed by atoms with Crippen molar-refractivity contribution in [2.24, 2.45) is 11.7 Å². The fraction of sp³-hybridized carbons (Fsp3) is 0.364. The minimum absolute atomic E-state index is 0.00750. The van der Waals surface area contributed by atoms with Gasteiger partial charge in [-0.3, -0.25) is 4.79 Å². The van der Waals surface area contributed by atoms with Gasteiger partial charge in [-0.15, -0.1) is 0 Å². The Balaban J connectivity index is 2.83. The number of hydrogen-bond acceptors (Lipinski definition) is 2. The molecule has 0 saturated carbocycles. The Morgan fingerprint density at radius 2 is 2.12 bits per heavy atom. The lowest BCUT2D eigenvalue weighted by Crippen LogP contribution is -2.20. The zero-order valence-corrected chi connectivity index (χ0v) is 8.78. The summed E-state index contributed by atoms with van der Waals surface area (Å²) in [6, 6.07) is 2.15.